The number of rotatable bonds is 10. The van der Waals surface area contributed by atoms with Crippen LogP contribution in [0.2, 0.25) is 0 Å². The van der Waals surface area contributed by atoms with Gasteiger partial charge in [-0.2, -0.15) is 0 Å². The summed E-state index contributed by atoms with van der Waals surface area (Å²) >= 11 is 0. The quantitative estimate of drug-likeness (QED) is 0.290. The van der Waals surface area contributed by atoms with Crippen LogP contribution in [0.3, 0.4) is 0 Å². The summed E-state index contributed by atoms with van der Waals surface area (Å²) < 4.78 is 34.4. The van der Waals surface area contributed by atoms with Crippen LogP contribution in [0.15, 0.2) is 66.7 Å². The van der Waals surface area contributed by atoms with Crippen molar-refractivity contribution in [3.8, 4) is 23.0 Å². The molecule has 3 aromatic carbocycles. The van der Waals surface area contributed by atoms with Gasteiger partial charge in [0.2, 0.25) is 0 Å². The summed E-state index contributed by atoms with van der Waals surface area (Å²) in [4.78, 5) is 11.8. The maximum absolute atomic E-state index is 11.8. The molecule has 0 saturated carbocycles. The molecule has 4 rings (SSSR count). The van der Waals surface area contributed by atoms with Crippen LogP contribution < -0.4 is 18.9 Å². The maximum Gasteiger partial charge on any atom is 0.346 e. The number of methoxy groups -OCH3 is 3. The minimum atomic E-state index is -0.750. The fourth-order valence-corrected chi connectivity index (χ4v) is 4.80. The minimum absolute atomic E-state index is 0.117. The second-order valence-corrected chi connectivity index (χ2v) is 9.57. The van der Waals surface area contributed by atoms with E-state index in [9.17, 15) is 4.79 Å². The van der Waals surface area contributed by atoms with Gasteiger partial charge in [-0.25, -0.2) is 4.79 Å². The van der Waals surface area contributed by atoms with Crippen LogP contribution in [0, 0.1) is 11.8 Å². The fraction of sp³-hybridized carbons (Fsp3) is 0.387. The Morgan fingerprint density at radius 3 is 1.89 bits per heavy atom. The summed E-state index contributed by atoms with van der Waals surface area (Å²) in [5.41, 5.74) is 3.11. The van der Waals surface area contributed by atoms with E-state index in [-0.39, 0.29) is 24.0 Å². The molecule has 1 saturated heterocycles. The largest absolute Gasteiger partial charge is 0.493 e. The van der Waals surface area contributed by atoms with E-state index in [2.05, 4.69) is 13.8 Å². The van der Waals surface area contributed by atoms with Gasteiger partial charge in [0.05, 0.1) is 33.5 Å². The van der Waals surface area contributed by atoms with Crippen LogP contribution in [0.5, 0.6) is 23.0 Å². The third-order valence-electron chi connectivity index (χ3n) is 7.18. The molecule has 1 heterocycles. The van der Waals surface area contributed by atoms with Crippen LogP contribution in [0.1, 0.15) is 49.7 Å². The first kappa shape index (κ1) is 27.3. The molecule has 0 aliphatic carbocycles. The summed E-state index contributed by atoms with van der Waals surface area (Å²) in [6.07, 6.45) is -1.01. The lowest BCUT2D eigenvalue weighted by atomic mass is 9.85. The van der Waals surface area contributed by atoms with Crippen molar-refractivity contribution in [2.45, 2.75) is 45.7 Å². The minimum Gasteiger partial charge on any atom is -0.493 e. The fourth-order valence-electron chi connectivity index (χ4n) is 4.80. The van der Waals surface area contributed by atoms with Gasteiger partial charge in [0.1, 0.15) is 6.61 Å². The number of carbonyl (C=O) groups excluding carboxylic acids is 1. The molecule has 0 amide bonds. The van der Waals surface area contributed by atoms with E-state index in [4.69, 9.17) is 28.4 Å². The Balaban J connectivity index is 1.51. The van der Waals surface area contributed by atoms with E-state index in [0.29, 0.717) is 29.6 Å². The lowest BCUT2D eigenvalue weighted by molar-refractivity contribution is -0.147. The molecule has 7 nitrogen and oxygen atoms in total. The SMILES string of the molecule is COC(=O)[C@@H](C)Oc1ccc([C@H]2O[C@H](c3ccc(OCc4ccccc4)c(OC)c3)[C@H](C)[C@H]2C)cc1OC. The molecular formula is C31H36O7. The normalized spacial score (nSPS) is 21.4. The van der Waals surface area contributed by atoms with E-state index in [1.165, 1.54) is 7.11 Å². The molecule has 5 atom stereocenters. The van der Waals surface area contributed by atoms with Crippen molar-refractivity contribution < 1.29 is 33.2 Å². The first-order valence-electron chi connectivity index (χ1n) is 12.8. The van der Waals surface area contributed by atoms with Gasteiger partial charge in [0, 0.05) is 0 Å². The van der Waals surface area contributed by atoms with Crippen molar-refractivity contribution in [3.63, 3.8) is 0 Å². The molecule has 0 aromatic heterocycles. The molecule has 0 radical (unpaired) electrons. The van der Waals surface area contributed by atoms with Gasteiger partial charge >= 0.3 is 5.97 Å². The summed E-state index contributed by atoms with van der Waals surface area (Å²) in [6, 6.07) is 21.7. The van der Waals surface area contributed by atoms with Crippen molar-refractivity contribution in [2.75, 3.05) is 21.3 Å². The Hall–Kier alpha value is -3.71. The zero-order chi connectivity index (χ0) is 27.2. The summed E-state index contributed by atoms with van der Waals surface area (Å²) in [5.74, 6) is 2.41. The van der Waals surface area contributed by atoms with Crippen molar-refractivity contribution in [3.05, 3.63) is 83.4 Å². The molecule has 3 aromatic rings. The smallest absolute Gasteiger partial charge is 0.346 e. The molecule has 0 N–H and O–H groups in total. The molecule has 1 aliphatic rings. The predicted molar refractivity (Wildman–Crippen MR) is 144 cm³/mol. The first-order chi connectivity index (χ1) is 18.4. The maximum atomic E-state index is 11.8. The second-order valence-electron chi connectivity index (χ2n) is 9.57. The van der Waals surface area contributed by atoms with Gasteiger partial charge in [-0.15, -0.1) is 0 Å². The van der Waals surface area contributed by atoms with E-state index >= 15 is 0 Å². The van der Waals surface area contributed by atoms with Gasteiger partial charge in [0.25, 0.3) is 0 Å². The van der Waals surface area contributed by atoms with Crippen LogP contribution in [-0.4, -0.2) is 33.4 Å². The van der Waals surface area contributed by atoms with Gasteiger partial charge in [-0.1, -0.05) is 56.3 Å². The van der Waals surface area contributed by atoms with Gasteiger partial charge in [-0.3, -0.25) is 0 Å². The lowest BCUT2D eigenvalue weighted by Gasteiger charge is -2.20. The van der Waals surface area contributed by atoms with Gasteiger partial charge < -0.3 is 28.4 Å². The highest BCUT2D eigenvalue weighted by Gasteiger charge is 2.41. The highest BCUT2D eigenvalue weighted by atomic mass is 16.6. The van der Waals surface area contributed by atoms with Gasteiger partial charge in [0.15, 0.2) is 29.1 Å². The van der Waals surface area contributed by atoms with E-state index in [1.807, 2.05) is 66.7 Å². The summed E-state index contributed by atoms with van der Waals surface area (Å²) in [5, 5.41) is 0. The number of esters is 1. The number of benzene rings is 3. The predicted octanol–water partition coefficient (Wildman–Crippen LogP) is 6.31. The molecule has 7 heteroatoms. The molecule has 202 valence electrons. The van der Waals surface area contributed by atoms with Crippen molar-refractivity contribution in [1.82, 2.24) is 0 Å². The van der Waals surface area contributed by atoms with Crippen LogP contribution in [0.4, 0.5) is 0 Å². The number of hydrogen-bond acceptors (Lipinski definition) is 7. The third kappa shape index (κ3) is 5.89. The van der Waals surface area contributed by atoms with Crippen LogP contribution >= 0.6 is 0 Å². The van der Waals surface area contributed by atoms with Crippen LogP contribution in [-0.2, 0) is 20.9 Å². The third-order valence-corrected chi connectivity index (χ3v) is 7.18. The highest BCUT2D eigenvalue weighted by molar-refractivity contribution is 5.74. The average molecular weight is 521 g/mol. The lowest BCUT2D eigenvalue weighted by Crippen LogP contribution is -2.25. The molecule has 1 fully saturated rings. The van der Waals surface area contributed by atoms with Crippen molar-refractivity contribution >= 4 is 5.97 Å². The standard InChI is InChI=1S/C31H36O7/c1-19-20(2)30(24-13-15-26(28(17-24)34-5)37-21(3)31(32)35-6)38-29(19)23-12-14-25(27(16-23)33-4)36-18-22-10-8-7-9-11-22/h7-17,19-21,29-30H,18H2,1-6H3/t19-,20-,21-,29+,30+/m1/s1. The number of hydrogen-bond donors (Lipinski definition) is 0. The van der Waals surface area contributed by atoms with E-state index in [0.717, 1.165) is 16.7 Å². The summed E-state index contributed by atoms with van der Waals surface area (Å²) in [7, 11) is 4.56. The van der Waals surface area contributed by atoms with Crippen molar-refractivity contribution in [1.29, 1.82) is 0 Å². The highest BCUT2D eigenvalue weighted by Crippen LogP contribution is 2.50. The number of ether oxygens (including phenoxy) is 6. The zero-order valence-corrected chi connectivity index (χ0v) is 22.8. The molecular weight excluding hydrogens is 484 g/mol. The topological polar surface area (TPSA) is 72.5 Å². The molecule has 38 heavy (non-hydrogen) atoms. The Morgan fingerprint density at radius 1 is 0.789 bits per heavy atom. The zero-order valence-electron chi connectivity index (χ0n) is 22.8. The molecule has 0 unspecified atom stereocenters. The Bertz CT molecular complexity index is 1230. The molecule has 0 bridgehead atoms. The molecule has 1 aliphatic heterocycles. The average Bonchev–Trinajstić information content (AvgIpc) is 3.25. The molecule has 0 spiro atoms. The summed E-state index contributed by atoms with van der Waals surface area (Å²) in [6.45, 7) is 6.50. The first-order valence-corrected chi connectivity index (χ1v) is 12.8. The Labute approximate surface area is 224 Å². The second kappa shape index (κ2) is 12.2. The monoisotopic (exact) mass is 520 g/mol. The Kier molecular flexibility index (Phi) is 8.79. The Morgan fingerprint density at radius 2 is 1.34 bits per heavy atom. The number of carbonyl (C=O) groups is 1. The van der Waals surface area contributed by atoms with Crippen LogP contribution in [0.25, 0.3) is 0 Å². The van der Waals surface area contributed by atoms with Crippen molar-refractivity contribution in [2.24, 2.45) is 11.8 Å². The van der Waals surface area contributed by atoms with E-state index < -0.39 is 12.1 Å². The van der Waals surface area contributed by atoms with Gasteiger partial charge in [-0.05, 0) is 59.7 Å². The van der Waals surface area contributed by atoms with E-state index in [1.54, 1.807) is 21.1 Å².